The van der Waals surface area contributed by atoms with Gasteiger partial charge in [-0.15, -0.1) is 6.42 Å². The highest BCUT2D eigenvalue weighted by Crippen LogP contribution is 2.28. The maximum atomic E-state index is 5.49. The molecule has 0 aromatic rings. The van der Waals surface area contributed by atoms with Crippen molar-refractivity contribution in [2.24, 2.45) is 0 Å². The van der Waals surface area contributed by atoms with Crippen molar-refractivity contribution >= 4 is 15.9 Å². The molecule has 0 saturated carbocycles. The number of terminal acetylenes is 1. The molecule has 1 aliphatic heterocycles. The van der Waals surface area contributed by atoms with Crippen LogP contribution in [0.2, 0.25) is 0 Å². The molecular formula is C8H11BrO2. The van der Waals surface area contributed by atoms with Gasteiger partial charge in [0.05, 0.1) is 0 Å². The van der Waals surface area contributed by atoms with Gasteiger partial charge in [0, 0.05) is 5.33 Å². The van der Waals surface area contributed by atoms with E-state index in [1.807, 2.05) is 13.8 Å². The van der Waals surface area contributed by atoms with Crippen molar-refractivity contribution in [3.8, 4) is 12.3 Å². The van der Waals surface area contributed by atoms with E-state index in [9.17, 15) is 0 Å². The summed E-state index contributed by atoms with van der Waals surface area (Å²) in [5.74, 6) is 2.01. The molecular weight excluding hydrogens is 208 g/mol. The Morgan fingerprint density at radius 3 is 2.55 bits per heavy atom. The molecule has 11 heavy (non-hydrogen) atoms. The van der Waals surface area contributed by atoms with E-state index in [2.05, 4.69) is 21.9 Å². The minimum atomic E-state index is -0.532. The predicted molar refractivity (Wildman–Crippen MR) is 46.5 cm³/mol. The molecule has 62 valence electrons. The van der Waals surface area contributed by atoms with Gasteiger partial charge < -0.3 is 9.47 Å². The van der Waals surface area contributed by atoms with Crippen molar-refractivity contribution in [3.63, 3.8) is 0 Å². The first kappa shape index (κ1) is 9.05. The highest BCUT2D eigenvalue weighted by molar-refractivity contribution is 9.09. The maximum absolute atomic E-state index is 5.49. The second kappa shape index (κ2) is 3.14. The molecule has 1 saturated heterocycles. The van der Waals surface area contributed by atoms with Crippen molar-refractivity contribution < 1.29 is 9.47 Å². The number of rotatable bonds is 1. The fraction of sp³-hybridized carbons (Fsp3) is 0.750. The zero-order chi connectivity index (χ0) is 8.48. The van der Waals surface area contributed by atoms with E-state index >= 15 is 0 Å². The minimum absolute atomic E-state index is 0.0185. The minimum Gasteiger partial charge on any atom is -0.343 e. The average Bonchev–Trinajstić information content (AvgIpc) is 2.25. The van der Waals surface area contributed by atoms with Crippen LogP contribution in [0.5, 0.6) is 0 Å². The molecule has 0 aromatic heterocycles. The third kappa shape index (κ3) is 1.96. The standard InChI is InChI=1S/C8H11BrO2/c1-4-6-7(5-9)11-8(2,3)10-6/h1,6-7H,5H2,2-3H3/t6-,7-/m0/s1. The van der Waals surface area contributed by atoms with Crippen LogP contribution in [0.4, 0.5) is 0 Å². The fourth-order valence-electron chi connectivity index (χ4n) is 1.09. The second-order valence-corrected chi connectivity index (χ2v) is 3.56. The van der Waals surface area contributed by atoms with Crippen LogP contribution in [0.25, 0.3) is 0 Å². The molecule has 0 aromatic carbocycles. The Bertz CT molecular complexity index is 183. The summed E-state index contributed by atoms with van der Waals surface area (Å²) >= 11 is 3.31. The summed E-state index contributed by atoms with van der Waals surface area (Å²) in [4.78, 5) is 0. The molecule has 3 heteroatoms. The lowest BCUT2D eigenvalue weighted by Gasteiger charge is -2.15. The predicted octanol–water partition coefficient (Wildman–Crippen LogP) is 1.53. The number of halogens is 1. The highest BCUT2D eigenvalue weighted by Gasteiger charge is 2.39. The number of ether oxygens (including phenoxy) is 2. The zero-order valence-electron chi connectivity index (χ0n) is 6.63. The number of hydrogen-bond acceptors (Lipinski definition) is 2. The molecule has 0 unspecified atom stereocenters. The molecule has 0 radical (unpaired) electrons. The SMILES string of the molecule is C#C[C@@H]1OC(C)(C)O[C@H]1CBr. The highest BCUT2D eigenvalue weighted by atomic mass is 79.9. The average molecular weight is 219 g/mol. The second-order valence-electron chi connectivity index (χ2n) is 2.92. The third-order valence-corrected chi connectivity index (χ3v) is 2.14. The smallest absolute Gasteiger partial charge is 0.165 e. The van der Waals surface area contributed by atoms with Crippen LogP contribution in [-0.4, -0.2) is 23.3 Å². The Morgan fingerprint density at radius 1 is 1.55 bits per heavy atom. The summed E-state index contributed by atoms with van der Waals surface area (Å²) in [6.45, 7) is 3.72. The van der Waals surface area contributed by atoms with Crippen LogP contribution < -0.4 is 0 Å². The summed E-state index contributed by atoms with van der Waals surface area (Å²) < 4.78 is 10.9. The Kier molecular flexibility index (Phi) is 2.58. The first-order chi connectivity index (χ1) is 5.09. The van der Waals surface area contributed by atoms with E-state index < -0.39 is 5.79 Å². The van der Waals surface area contributed by atoms with Gasteiger partial charge in [-0.05, 0) is 13.8 Å². The molecule has 1 rings (SSSR count). The van der Waals surface area contributed by atoms with Crippen LogP contribution in [0.1, 0.15) is 13.8 Å². The summed E-state index contributed by atoms with van der Waals surface area (Å²) in [6, 6.07) is 0. The van der Waals surface area contributed by atoms with Crippen molar-refractivity contribution in [2.45, 2.75) is 31.8 Å². The van der Waals surface area contributed by atoms with Gasteiger partial charge in [-0.3, -0.25) is 0 Å². The van der Waals surface area contributed by atoms with Crippen LogP contribution in [0, 0.1) is 12.3 Å². The van der Waals surface area contributed by atoms with E-state index in [4.69, 9.17) is 15.9 Å². The quantitative estimate of drug-likeness (QED) is 0.492. The van der Waals surface area contributed by atoms with E-state index in [1.165, 1.54) is 0 Å². The van der Waals surface area contributed by atoms with Gasteiger partial charge in [0.15, 0.2) is 5.79 Å². The Hall–Kier alpha value is -0.0400. The molecule has 2 atom stereocenters. The molecule has 0 aliphatic carbocycles. The molecule has 2 nitrogen and oxygen atoms in total. The third-order valence-electron chi connectivity index (χ3n) is 1.50. The summed E-state index contributed by atoms with van der Waals surface area (Å²) in [6.07, 6.45) is 5.01. The van der Waals surface area contributed by atoms with Crippen molar-refractivity contribution in [1.29, 1.82) is 0 Å². The van der Waals surface area contributed by atoms with Crippen LogP contribution in [0.3, 0.4) is 0 Å². The fourth-order valence-corrected chi connectivity index (χ4v) is 1.56. The van der Waals surface area contributed by atoms with Crippen molar-refractivity contribution in [3.05, 3.63) is 0 Å². The topological polar surface area (TPSA) is 18.5 Å². The molecule has 0 bridgehead atoms. The largest absolute Gasteiger partial charge is 0.343 e. The maximum Gasteiger partial charge on any atom is 0.165 e. The first-order valence-electron chi connectivity index (χ1n) is 3.47. The molecule has 1 aliphatic rings. The van der Waals surface area contributed by atoms with Crippen molar-refractivity contribution in [1.82, 2.24) is 0 Å². The molecule has 0 N–H and O–H groups in total. The van der Waals surface area contributed by atoms with E-state index in [0.717, 1.165) is 0 Å². The van der Waals surface area contributed by atoms with Gasteiger partial charge in [-0.2, -0.15) is 0 Å². The summed E-state index contributed by atoms with van der Waals surface area (Å²) in [5, 5.41) is 0.714. The Labute approximate surface area is 75.4 Å². The summed E-state index contributed by atoms with van der Waals surface area (Å²) in [5.41, 5.74) is 0. The zero-order valence-corrected chi connectivity index (χ0v) is 8.22. The van der Waals surface area contributed by atoms with Crippen LogP contribution >= 0.6 is 15.9 Å². The Morgan fingerprint density at radius 2 is 2.18 bits per heavy atom. The van der Waals surface area contributed by atoms with Gasteiger partial charge in [0.2, 0.25) is 0 Å². The molecule has 1 fully saturated rings. The van der Waals surface area contributed by atoms with E-state index in [1.54, 1.807) is 0 Å². The lowest BCUT2D eigenvalue weighted by atomic mass is 10.2. The van der Waals surface area contributed by atoms with Gasteiger partial charge in [0.1, 0.15) is 12.2 Å². The lowest BCUT2D eigenvalue weighted by Crippen LogP contribution is -2.22. The van der Waals surface area contributed by atoms with Gasteiger partial charge in [-0.1, -0.05) is 21.9 Å². The van der Waals surface area contributed by atoms with Crippen LogP contribution in [-0.2, 0) is 9.47 Å². The molecule has 1 heterocycles. The Balaban J connectivity index is 2.64. The monoisotopic (exact) mass is 218 g/mol. The molecule has 0 amide bonds. The summed E-state index contributed by atoms with van der Waals surface area (Å²) in [7, 11) is 0. The van der Waals surface area contributed by atoms with Crippen LogP contribution in [0.15, 0.2) is 0 Å². The molecule has 0 spiro atoms. The normalized spacial score (nSPS) is 35.1. The van der Waals surface area contributed by atoms with Crippen molar-refractivity contribution in [2.75, 3.05) is 5.33 Å². The lowest BCUT2D eigenvalue weighted by molar-refractivity contribution is -0.140. The number of alkyl halides is 1. The van der Waals surface area contributed by atoms with E-state index in [0.29, 0.717) is 5.33 Å². The van der Waals surface area contributed by atoms with Gasteiger partial charge >= 0.3 is 0 Å². The first-order valence-corrected chi connectivity index (χ1v) is 4.59. The number of hydrogen-bond donors (Lipinski definition) is 0. The van der Waals surface area contributed by atoms with Gasteiger partial charge in [0.25, 0.3) is 0 Å². The van der Waals surface area contributed by atoms with E-state index in [-0.39, 0.29) is 12.2 Å². The van der Waals surface area contributed by atoms with Gasteiger partial charge in [-0.25, -0.2) is 0 Å².